The molecule has 1 aliphatic rings. The molecule has 2 aromatic carbocycles. The molecular formula is C23H26N2O5. The molecule has 0 radical (unpaired) electrons. The van der Waals surface area contributed by atoms with Crippen molar-refractivity contribution in [1.82, 2.24) is 4.90 Å². The third kappa shape index (κ3) is 5.89. The lowest BCUT2D eigenvalue weighted by atomic mass is 10.1. The van der Waals surface area contributed by atoms with Crippen LogP contribution in [0.25, 0.3) is 0 Å². The number of benzene rings is 2. The molecule has 0 aliphatic carbocycles. The number of hydrogen-bond acceptors (Lipinski definition) is 5. The van der Waals surface area contributed by atoms with Crippen molar-refractivity contribution in [2.45, 2.75) is 13.1 Å². The molecule has 0 atom stereocenters. The van der Waals surface area contributed by atoms with Crippen molar-refractivity contribution in [3.63, 3.8) is 0 Å². The Labute approximate surface area is 176 Å². The lowest BCUT2D eigenvalue weighted by molar-refractivity contribution is 0.0542. The average Bonchev–Trinajstić information content (AvgIpc) is 2.76. The minimum Gasteiger partial charge on any atom is -0.491 e. The van der Waals surface area contributed by atoms with Gasteiger partial charge >= 0.3 is 6.03 Å². The molecular weight excluding hydrogens is 384 g/mol. The number of hydrogen-bond donors (Lipinski definition) is 1. The van der Waals surface area contributed by atoms with Crippen molar-refractivity contribution in [3.05, 3.63) is 53.6 Å². The van der Waals surface area contributed by atoms with Crippen LogP contribution >= 0.6 is 0 Å². The molecule has 0 aromatic heterocycles. The van der Waals surface area contributed by atoms with Gasteiger partial charge in [-0.15, -0.1) is 6.42 Å². The summed E-state index contributed by atoms with van der Waals surface area (Å²) in [5.41, 5.74) is 2.67. The SMILES string of the molecule is C#CCOc1ccc2c(c1)CN(Cc1ccccc1OCCOCCOC)C(=O)N2. The van der Waals surface area contributed by atoms with E-state index in [1.54, 1.807) is 18.1 Å². The van der Waals surface area contributed by atoms with Crippen LogP contribution in [0.15, 0.2) is 42.5 Å². The number of urea groups is 1. The molecule has 0 saturated heterocycles. The van der Waals surface area contributed by atoms with Crippen LogP contribution in [0.4, 0.5) is 10.5 Å². The zero-order chi connectivity index (χ0) is 21.2. The van der Waals surface area contributed by atoms with Gasteiger partial charge in [0.1, 0.15) is 24.7 Å². The minimum atomic E-state index is -0.155. The second-order valence-corrected chi connectivity index (χ2v) is 6.66. The quantitative estimate of drug-likeness (QED) is 0.455. The molecule has 7 heteroatoms. The monoisotopic (exact) mass is 410 g/mol. The molecule has 3 rings (SSSR count). The van der Waals surface area contributed by atoms with Gasteiger partial charge in [0.15, 0.2) is 0 Å². The average molecular weight is 410 g/mol. The Morgan fingerprint density at radius 2 is 1.93 bits per heavy atom. The zero-order valence-corrected chi connectivity index (χ0v) is 17.1. The van der Waals surface area contributed by atoms with Gasteiger partial charge in [0.25, 0.3) is 0 Å². The van der Waals surface area contributed by atoms with E-state index in [2.05, 4.69) is 11.2 Å². The molecule has 0 saturated carbocycles. The summed E-state index contributed by atoms with van der Waals surface area (Å²) in [7, 11) is 1.64. The molecule has 30 heavy (non-hydrogen) atoms. The van der Waals surface area contributed by atoms with Crippen LogP contribution in [0, 0.1) is 12.3 Å². The Bertz CT molecular complexity index is 893. The van der Waals surface area contributed by atoms with Crippen LogP contribution in [0.1, 0.15) is 11.1 Å². The number of para-hydroxylation sites is 1. The predicted molar refractivity (Wildman–Crippen MR) is 114 cm³/mol. The fraction of sp³-hybridized carbons (Fsp3) is 0.348. The number of fused-ring (bicyclic) bond motifs is 1. The second-order valence-electron chi connectivity index (χ2n) is 6.66. The lowest BCUT2D eigenvalue weighted by Crippen LogP contribution is -2.38. The first-order valence-electron chi connectivity index (χ1n) is 9.73. The van der Waals surface area contributed by atoms with E-state index >= 15 is 0 Å². The van der Waals surface area contributed by atoms with Crippen molar-refractivity contribution in [1.29, 1.82) is 0 Å². The van der Waals surface area contributed by atoms with Gasteiger partial charge in [0.2, 0.25) is 0 Å². The van der Waals surface area contributed by atoms with E-state index in [0.29, 0.717) is 45.3 Å². The number of methoxy groups -OCH3 is 1. The van der Waals surface area contributed by atoms with Crippen LogP contribution in [0.2, 0.25) is 0 Å². The Morgan fingerprint density at radius 3 is 2.77 bits per heavy atom. The normalized spacial score (nSPS) is 12.7. The summed E-state index contributed by atoms with van der Waals surface area (Å²) in [6, 6.07) is 13.1. The third-order valence-electron chi connectivity index (χ3n) is 4.54. The van der Waals surface area contributed by atoms with E-state index in [9.17, 15) is 4.79 Å². The number of anilines is 1. The summed E-state index contributed by atoms with van der Waals surface area (Å²) in [4.78, 5) is 14.3. The molecule has 0 bridgehead atoms. The Kier molecular flexibility index (Phi) is 7.95. The summed E-state index contributed by atoms with van der Waals surface area (Å²) < 4.78 is 21.7. The summed E-state index contributed by atoms with van der Waals surface area (Å²) >= 11 is 0. The minimum absolute atomic E-state index is 0.155. The largest absolute Gasteiger partial charge is 0.491 e. The predicted octanol–water partition coefficient (Wildman–Crippen LogP) is 3.29. The number of nitrogens with one attached hydrogen (secondary N) is 1. The van der Waals surface area contributed by atoms with Crippen molar-refractivity contribution >= 4 is 11.7 Å². The van der Waals surface area contributed by atoms with E-state index in [-0.39, 0.29) is 12.6 Å². The van der Waals surface area contributed by atoms with Gasteiger partial charge in [-0.2, -0.15) is 0 Å². The smallest absolute Gasteiger partial charge is 0.322 e. The van der Waals surface area contributed by atoms with E-state index in [0.717, 1.165) is 22.6 Å². The lowest BCUT2D eigenvalue weighted by Gasteiger charge is -2.30. The maximum absolute atomic E-state index is 12.6. The Hall–Kier alpha value is -3.21. The van der Waals surface area contributed by atoms with Gasteiger partial charge in [-0.05, 0) is 29.8 Å². The van der Waals surface area contributed by atoms with Gasteiger partial charge in [-0.25, -0.2) is 4.79 Å². The zero-order valence-electron chi connectivity index (χ0n) is 17.1. The van der Waals surface area contributed by atoms with Crippen LogP contribution in [0.3, 0.4) is 0 Å². The van der Waals surface area contributed by atoms with E-state index in [4.69, 9.17) is 25.4 Å². The molecule has 2 amide bonds. The molecule has 7 nitrogen and oxygen atoms in total. The molecule has 1 heterocycles. The second kappa shape index (κ2) is 11.1. The van der Waals surface area contributed by atoms with Gasteiger partial charge in [-0.1, -0.05) is 24.1 Å². The highest BCUT2D eigenvalue weighted by Crippen LogP contribution is 2.29. The van der Waals surface area contributed by atoms with E-state index < -0.39 is 0 Å². The third-order valence-corrected chi connectivity index (χ3v) is 4.54. The van der Waals surface area contributed by atoms with Crippen LogP contribution in [-0.4, -0.2) is 51.1 Å². The van der Waals surface area contributed by atoms with E-state index in [1.807, 2.05) is 36.4 Å². The van der Waals surface area contributed by atoms with Gasteiger partial charge in [-0.3, -0.25) is 0 Å². The molecule has 0 fully saturated rings. The number of ether oxygens (including phenoxy) is 4. The summed E-state index contributed by atoms with van der Waals surface area (Å²) in [6.45, 7) is 3.06. The first-order valence-corrected chi connectivity index (χ1v) is 9.73. The van der Waals surface area contributed by atoms with Gasteiger partial charge in [0, 0.05) is 24.9 Å². The van der Waals surface area contributed by atoms with E-state index in [1.165, 1.54) is 0 Å². The number of amides is 2. The summed E-state index contributed by atoms with van der Waals surface area (Å²) in [6.07, 6.45) is 5.25. The maximum Gasteiger partial charge on any atom is 0.322 e. The highest BCUT2D eigenvalue weighted by molar-refractivity contribution is 5.92. The van der Waals surface area contributed by atoms with Crippen molar-refractivity contribution in [2.24, 2.45) is 0 Å². The number of carbonyl (C=O) groups is 1. The molecule has 2 aromatic rings. The van der Waals surface area contributed by atoms with Gasteiger partial charge in [0.05, 0.1) is 26.4 Å². The van der Waals surface area contributed by atoms with Crippen molar-refractivity contribution < 1.29 is 23.7 Å². The standard InChI is InChI=1S/C23H26N2O5/c1-3-10-29-20-8-9-21-19(15-20)17-25(23(26)24-21)16-18-6-4-5-7-22(18)30-14-13-28-12-11-27-2/h1,4-9,15H,10-14,16-17H2,2H3,(H,24,26). The molecule has 0 unspecified atom stereocenters. The molecule has 0 spiro atoms. The van der Waals surface area contributed by atoms with Crippen LogP contribution in [0.5, 0.6) is 11.5 Å². The Morgan fingerprint density at radius 1 is 1.10 bits per heavy atom. The molecule has 158 valence electrons. The fourth-order valence-corrected chi connectivity index (χ4v) is 3.07. The topological polar surface area (TPSA) is 69.3 Å². The van der Waals surface area contributed by atoms with Crippen molar-refractivity contribution in [2.75, 3.05) is 45.5 Å². The van der Waals surface area contributed by atoms with Crippen LogP contribution < -0.4 is 14.8 Å². The summed E-state index contributed by atoms with van der Waals surface area (Å²) in [5.74, 6) is 3.86. The number of rotatable bonds is 11. The first-order chi connectivity index (χ1) is 14.7. The summed E-state index contributed by atoms with van der Waals surface area (Å²) in [5, 5.41) is 2.92. The number of terminal acetylenes is 1. The Balaban J connectivity index is 1.62. The van der Waals surface area contributed by atoms with Crippen LogP contribution in [-0.2, 0) is 22.6 Å². The van der Waals surface area contributed by atoms with Crippen molar-refractivity contribution in [3.8, 4) is 23.8 Å². The number of carbonyl (C=O) groups excluding carboxylic acids is 1. The van der Waals surface area contributed by atoms with Gasteiger partial charge < -0.3 is 29.2 Å². The number of nitrogens with zero attached hydrogens (tertiary/aromatic N) is 1. The fourth-order valence-electron chi connectivity index (χ4n) is 3.07. The highest BCUT2D eigenvalue weighted by Gasteiger charge is 2.24. The highest BCUT2D eigenvalue weighted by atomic mass is 16.5. The molecule has 1 aliphatic heterocycles. The first kappa shape index (κ1) is 21.5. The molecule has 1 N–H and O–H groups in total. The maximum atomic E-state index is 12.6.